The van der Waals surface area contributed by atoms with Crippen LogP contribution in [0, 0.1) is 0 Å². The molecule has 0 spiro atoms. The average Bonchev–Trinajstić information content (AvgIpc) is 2.98. The highest BCUT2D eigenvalue weighted by atomic mass is 16.7. The van der Waals surface area contributed by atoms with E-state index < -0.39 is 29.8 Å². The number of ether oxygens (including phenoxy) is 4. The van der Waals surface area contributed by atoms with E-state index in [0.29, 0.717) is 13.0 Å². The van der Waals surface area contributed by atoms with Crippen LogP contribution in [0.4, 0.5) is 4.79 Å². The summed E-state index contributed by atoms with van der Waals surface area (Å²) in [6.07, 6.45) is -1.06. The molecular formula is C21H30N2O7. The van der Waals surface area contributed by atoms with Gasteiger partial charge in [0.1, 0.15) is 25.0 Å². The molecule has 0 aliphatic carbocycles. The monoisotopic (exact) mass is 422 g/mol. The van der Waals surface area contributed by atoms with Crippen LogP contribution in [0.15, 0.2) is 30.3 Å². The molecule has 1 fully saturated rings. The third kappa shape index (κ3) is 7.64. The molecule has 0 aromatic heterocycles. The SMILES string of the molecule is COC(=O)CN1C(=O)[C@@H](OCOCc2ccccc2)C[C@H]1CNC(=O)OC(C)(C)C. The average molecular weight is 422 g/mol. The highest BCUT2D eigenvalue weighted by Crippen LogP contribution is 2.22. The molecule has 2 atom stereocenters. The van der Waals surface area contributed by atoms with Gasteiger partial charge in [0, 0.05) is 13.0 Å². The van der Waals surface area contributed by atoms with Crippen LogP contribution in [-0.4, -0.2) is 67.6 Å². The van der Waals surface area contributed by atoms with Crippen LogP contribution in [0.2, 0.25) is 0 Å². The van der Waals surface area contributed by atoms with Crippen molar-refractivity contribution in [3.8, 4) is 0 Å². The Morgan fingerprint density at radius 3 is 2.53 bits per heavy atom. The standard InChI is InChI=1S/C21H30N2O7/c1-21(2,3)30-20(26)22-11-16-10-17(19(25)23(16)12-18(24)27-4)29-14-28-13-15-8-6-5-7-9-15/h5-9,16-17H,10-14H2,1-4H3,(H,22,26)/t16-,17-/m0/s1. The number of rotatable bonds is 9. The molecule has 30 heavy (non-hydrogen) atoms. The fourth-order valence-electron chi connectivity index (χ4n) is 2.96. The second-order valence-electron chi connectivity index (χ2n) is 7.92. The number of carbonyl (C=O) groups is 3. The molecular weight excluding hydrogens is 392 g/mol. The molecule has 2 rings (SSSR count). The topological polar surface area (TPSA) is 103 Å². The van der Waals surface area contributed by atoms with Crippen molar-refractivity contribution in [2.75, 3.05) is 27.0 Å². The minimum Gasteiger partial charge on any atom is -0.468 e. The second-order valence-corrected chi connectivity index (χ2v) is 7.92. The summed E-state index contributed by atoms with van der Waals surface area (Å²) in [5.74, 6) is -0.897. The first kappa shape index (κ1) is 23.6. The molecule has 1 aromatic carbocycles. The summed E-state index contributed by atoms with van der Waals surface area (Å²) in [6.45, 7) is 5.47. The third-order valence-electron chi connectivity index (χ3n) is 4.36. The first-order valence-electron chi connectivity index (χ1n) is 9.77. The molecule has 0 bridgehead atoms. The lowest BCUT2D eigenvalue weighted by molar-refractivity contribution is -0.153. The number of hydrogen-bond donors (Lipinski definition) is 1. The number of nitrogens with zero attached hydrogens (tertiary/aromatic N) is 1. The summed E-state index contributed by atoms with van der Waals surface area (Å²) in [5.41, 5.74) is 0.355. The quantitative estimate of drug-likeness (QED) is 0.368. The van der Waals surface area contributed by atoms with Crippen LogP contribution in [0.5, 0.6) is 0 Å². The Morgan fingerprint density at radius 1 is 1.20 bits per heavy atom. The van der Waals surface area contributed by atoms with Crippen molar-refractivity contribution in [3.63, 3.8) is 0 Å². The number of benzene rings is 1. The number of likely N-dealkylation sites (tertiary alicyclic amines) is 1. The Bertz CT molecular complexity index is 718. The predicted molar refractivity (Wildman–Crippen MR) is 107 cm³/mol. The lowest BCUT2D eigenvalue weighted by Crippen LogP contribution is -2.45. The van der Waals surface area contributed by atoms with Crippen molar-refractivity contribution in [1.29, 1.82) is 0 Å². The van der Waals surface area contributed by atoms with Crippen LogP contribution in [-0.2, 0) is 35.1 Å². The summed E-state index contributed by atoms with van der Waals surface area (Å²) < 4.78 is 21.0. The molecule has 1 saturated heterocycles. The second kappa shape index (κ2) is 10.9. The molecule has 166 valence electrons. The van der Waals surface area contributed by atoms with Gasteiger partial charge in [0.05, 0.1) is 19.8 Å². The number of carbonyl (C=O) groups excluding carboxylic acids is 3. The van der Waals surface area contributed by atoms with Gasteiger partial charge in [-0.3, -0.25) is 9.59 Å². The van der Waals surface area contributed by atoms with E-state index in [4.69, 9.17) is 14.2 Å². The van der Waals surface area contributed by atoms with Gasteiger partial charge in [-0.25, -0.2) is 4.79 Å². The molecule has 1 aliphatic heterocycles. The van der Waals surface area contributed by atoms with Gasteiger partial charge in [-0.1, -0.05) is 30.3 Å². The number of esters is 1. The van der Waals surface area contributed by atoms with Gasteiger partial charge in [0.25, 0.3) is 5.91 Å². The summed E-state index contributed by atoms with van der Waals surface area (Å²) in [4.78, 5) is 37.7. The maximum Gasteiger partial charge on any atom is 0.407 e. The largest absolute Gasteiger partial charge is 0.468 e. The van der Waals surface area contributed by atoms with Crippen LogP contribution in [0.3, 0.4) is 0 Å². The molecule has 2 amide bonds. The smallest absolute Gasteiger partial charge is 0.407 e. The Labute approximate surface area is 176 Å². The Morgan fingerprint density at radius 2 is 1.90 bits per heavy atom. The number of methoxy groups -OCH3 is 1. The highest BCUT2D eigenvalue weighted by Gasteiger charge is 2.41. The molecule has 1 aliphatic rings. The fourth-order valence-corrected chi connectivity index (χ4v) is 2.96. The van der Waals surface area contributed by atoms with Crippen molar-refractivity contribution in [2.24, 2.45) is 0 Å². The van der Waals surface area contributed by atoms with Crippen molar-refractivity contribution in [1.82, 2.24) is 10.2 Å². The molecule has 9 nitrogen and oxygen atoms in total. The van der Waals surface area contributed by atoms with Gasteiger partial charge in [0.15, 0.2) is 0 Å². The van der Waals surface area contributed by atoms with Gasteiger partial charge in [0.2, 0.25) is 0 Å². The lowest BCUT2D eigenvalue weighted by Gasteiger charge is -2.25. The van der Waals surface area contributed by atoms with Crippen molar-refractivity contribution >= 4 is 18.0 Å². The predicted octanol–water partition coefficient (Wildman–Crippen LogP) is 1.84. The van der Waals surface area contributed by atoms with Crippen LogP contribution in [0.25, 0.3) is 0 Å². The number of nitrogens with one attached hydrogen (secondary N) is 1. The van der Waals surface area contributed by atoms with E-state index in [9.17, 15) is 14.4 Å². The zero-order valence-electron chi connectivity index (χ0n) is 17.9. The first-order chi connectivity index (χ1) is 14.2. The summed E-state index contributed by atoms with van der Waals surface area (Å²) in [5, 5.41) is 2.64. The van der Waals surface area contributed by atoms with Gasteiger partial charge >= 0.3 is 12.1 Å². The van der Waals surface area contributed by atoms with E-state index >= 15 is 0 Å². The van der Waals surface area contributed by atoms with Crippen LogP contribution in [0.1, 0.15) is 32.8 Å². The van der Waals surface area contributed by atoms with E-state index in [1.54, 1.807) is 20.8 Å². The third-order valence-corrected chi connectivity index (χ3v) is 4.36. The normalized spacial score (nSPS) is 18.9. The van der Waals surface area contributed by atoms with E-state index in [1.807, 2.05) is 30.3 Å². The number of amides is 2. The number of alkyl carbamates (subject to hydrolysis) is 1. The minimum atomic E-state index is -0.768. The highest BCUT2D eigenvalue weighted by molar-refractivity contribution is 5.87. The fraction of sp³-hybridized carbons (Fsp3) is 0.571. The molecule has 1 aromatic rings. The van der Waals surface area contributed by atoms with Gasteiger partial charge < -0.3 is 29.2 Å². The summed E-state index contributed by atoms with van der Waals surface area (Å²) in [6, 6.07) is 9.16. The lowest BCUT2D eigenvalue weighted by atomic mass is 10.2. The van der Waals surface area contributed by atoms with Gasteiger partial charge in [-0.15, -0.1) is 0 Å². The van der Waals surface area contributed by atoms with E-state index in [-0.39, 0.29) is 25.8 Å². The molecule has 1 N–H and O–H groups in total. The zero-order chi connectivity index (χ0) is 22.1. The Kier molecular flexibility index (Phi) is 8.61. The summed E-state index contributed by atoms with van der Waals surface area (Å²) in [7, 11) is 1.25. The number of hydrogen-bond acceptors (Lipinski definition) is 7. The summed E-state index contributed by atoms with van der Waals surface area (Å²) >= 11 is 0. The molecule has 1 heterocycles. The van der Waals surface area contributed by atoms with Crippen molar-refractivity contribution in [3.05, 3.63) is 35.9 Å². The first-order valence-corrected chi connectivity index (χ1v) is 9.77. The van der Waals surface area contributed by atoms with Crippen molar-refractivity contribution in [2.45, 2.75) is 51.5 Å². The molecule has 0 saturated carbocycles. The van der Waals surface area contributed by atoms with E-state index in [1.165, 1.54) is 12.0 Å². The molecule has 0 unspecified atom stereocenters. The van der Waals surface area contributed by atoms with E-state index in [0.717, 1.165) is 5.56 Å². The Hall–Kier alpha value is -2.65. The molecule has 9 heteroatoms. The maximum absolute atomic E-state index is 12.7. The molecule has 0 radical (unpaired) electrons. The van der Waals surface area contributed by atoms with Gasteiger partial charge in [-0.05, 0) is 26.3 Å². The maximum atomic E-state index is 12.7. The Balaban J connectivity index is 1.88. The van der Waals surface area contributed by atoms with Crippen molar-refractivity contribution < 1.29 is 33.3 Å². The van der Waals surface area contributed by atoms with Gasteiger partial charge in [-0.2, -0.15) is 0 Å². The van der Waals surface area contributed by atoms with E-state index in [2.05, 4.69) is 10.1 Å². The zero-order valence-corrected chi connectivity index (χ0v) is 17.9. The minimum absolute atomic E-state index is 0.0659. The van der Waals surface area contributed by atoms with Crippen LogP contribution >= 0.6 is 0 Å². The van der Waals surface area contributed by atoms with Crippen LogP contribution < -0.4 is 5.32 Å².